The normalized spacial score (nSPS) is 10.4. The summed E-state index contributed by atoms with van der Waals surface area (Å²) in [6, 6.07) is 0. The summed E-state index contributed by atoms with van der Waals surface area (Å²) >= 11 is 1.64. The molecule has 0 aliphatic rings. The Morgan fingerprint density at radius 1 is 0.762 bits per heavy atom. The fraction of sp³-hybridized carbons (Fsp3) is 0.875. The summed E-state index contributed by atoms with van der Waals surface area (Å²) in [7, 11) is 0. The Balaban J connectivity index is 3.24. The molecule has 0 fully saturated rings. The van der Waals surface area contributed by atoms with Crippen LogP contribution in [0.3, 0.4) is 0 Å². The van der Waals surface area contributed by atoms with Crippen molar-refractivity contribution in [3.8, 4) is 0 Å². The smallest absolute Gasteiger partial charge is 0.305 e. The highest BCUT2D eigenvalue weighted by atomic mass is 32.2. The number of hydrogen-bond donors (Lipinski definition) is 0. The van der Waals surface area contributed by atoms with Crippen LogP contribution in [0.25, 0.3) is 0 Å². The topological polar surface area (TPSA) is 52.6 Å². The van der Waals surface area contributed by atoms with E-state index in [1.807, 2.05) is 0 Å². The molecule has 0 amide bonds. The van der Waals surface area contributed by atoms with Crippen molar-refractivity contribution >= 4 is 23.7 Å². The van der Waals surface area contributed by atoms with E-state index < -0.39 is 0 Å². The Labute approximate surface area is 133 Å². The summed E-state index contributed by atoms with van der Waals surface area (Å²) in [6.07, 6.45) is 7.25. The van der Waals surface area contributed by atoms with Crippen molar-refractivity contribution in [3.63, 3.8) is 0 Å². The highest BCUT2D eigenvalue weighted by Crippen LogP contribution is 2.04. The zero-order valence-corrected chi connectivity index (χ0v) is 14.3. The van der Waals surface area contributed by atoms with Crippen LogP contribution >= 0.6 is 11.8 Å². The van der Waals surface area contributed by atoms with E-state index >= 15 is 0 Å². The number of unbranched alkanes of at least 4 members (excludes halogenated alkanes) is 4. The second-order valence-corrected chi connectivity index (χ2v) is 6.19. The van der Waals surface area contributed by atoms with Crippen LogP contribution in [0.1, 0.15) is 65.2 Å². The highest BCUT2D eigenvalue weighted by Gasteiger charge is 2.03. The molecule has 0 radical (unpaired) electrons. The zero-order chi connectivity index (χ0) is 15.8. The molecule has 0 heterocycles. The summed E-state index contributed by atoms with van der Waals surface area (Å²) in [4.78, 5) is 22.6. The van der Waals surface area contributed by atoms with Crippen molar-refractivity contribution in [1.82, 2.24) is 0 Å². The molecular formula is C16H30O4S. The third kappa shape index (κ3) is 15.5. The van der Waals surface area contributed by atoms with E-state index in [4.69, 9.17) is 9.47 Å². The van der Waals surface area contributed by atoms with Gasteiger partial charge in [-0.15, -0.1) is 0 Å². The first-order valence-electron chi connectivity index (χ1n) is 8.09. The average Bonchev–Trinajstić information content (AvgIpc) is 2.47. The van der Waals surface area contributed by atoms with Gasteiger partial charge in [-0.2, -0.15) is 11.8 Å². The molecular weight excluding hydrogens is 288 g/mol. The van der Waals surface area contributed by atoms with Crippen molar-refractivity contribution in [2.24, 2.45) is 0 Å². The molecule has 0 aliphatic heterocycles. The molecule has 0 aromatic rings. The maximum atomic E-state index is 11.3. The van der Waals surface area contributed by atoms with Crippen molar-refractivity contribution in [1.29, 1.82) is 0 Å². The molecule has 0 atom stereocenters. The van der Waals surface area contributed by atoms with Crippen LogP contribution in [0.15, 0.2) is 0 Å². The molecule has 0 saturated heterocycles. The first kappa shape index (κ1) is 20.3. The Hall–Kier alpha value is -0.710. The highest BCUT2D eigenvalue weighted by molar-refractivity contribution is 7.99. The van der Waals surface area contributed by atoms with E-state index in [9.17, 15) is 9.59 Å². The number of hydrogen-bond acceptors (Lipinski definition) is 5. The van der Waals surface area contributed by atoms with Gasteiger partial charge in [0.05, 0.1) is 0 Å². The summed E-state index contributed by atoms with van der Waals surface area (Å²) in [5.41, 5.74) is 0. The maximum absolute atomic E-state index is 11.3. The minimum atomic E-state index is -0.105. The molecule has 0 rings (SSSR count). The summed E-state index contributed by atoms with van der Waals surface area (Å²) in [6.45, 7) is 5.11. The van der Waals surface area contributed by atoms with Crippen molar-refractivity contribution in [3.05, 3.63) is 0 Å². The third-order valence-electron chi connectivity index (χ3n) is 2.95. The van der Waals surface area contributed by atoms with E-state index in [1.54, 1.807) is 11.8 Å². The molecule has 0 saturated carbocycles. The second-order valence-electron chi connectivity index (χ2n) is 4.97. The monoisotopic (exact) mass is 318 g/mol. The minimum Gasteiger partial charge on any atom is -0.465 e. The number of ether oxygens (including phenoxy) is 2. The number of carbonyl (C=O) groups is 2. The lowest BCUT2D eigenvalue weighted by Crippen LogP contribution is -2.09. The van der Waals surface area contributed by atoms with Crippen molar-refractivity contribution in [2.75, 3.05) is 24.7 Å². The summed E-state index contributed by atoms with van der Waals surface area (Å²) in [5.74, 6) is 1.30. The fourth-order valence-corrected chi connectivity index (χ4v) is 2.32. The van der Waals surface area contributed by atoms with Crippen molar-refractivity contribution < 1.29 is 19.1 Å². The predicted octanol–water partition coefficient (Wildman–Crippen LogP) is 3.97. The second kappa shape index (κ2) is 15.7. The molecule has 0 aliphatic carbocycles. The van der Waals surface area contributed by atoms with E-state index in [0.717, 1.165) is 50.0 Å². The van der Waals surface area contributed by atoms with Gasteiger partial charge >= 0.3 is 11.9 Å². The van der Waals surface area contributed by atoms with Gasteiger partial charge in [0.25, 0.3) is 0 Å². The molecule has 0 aromatic carbocycles. The van der Waals surface area contributed by atoms with Gasteiger partial charge in [0.1, 0.15) is 13.2 Å². The lowest BCUT2D eigenvalue weighted by atomic mass is 10.2. The summed E-state index contributed by atoms with van der Waals surface area (Å²) < 4.78 is 10.2. The standard InChI is InChI=1S/C16H30O4S/c1-3-5-7-9-15(17)19-11-13-21-14-12-20-16(18)10-8-6-4-2/h3-14H2,1-2H3. The number of esters is 2. The molecule has 0 N–H and O–H groups in total. The van der Waals surface area contributed by atoms with Gasteiger partial charge in [0.15, 0.2) is 0 Å². The quantitative estimate of drug-likeness (QED) is 0.358. The fourth-order valence-electron chi connectivity index (χ4n) is 1.71. The zero-order valence-electron chi connectivity index (χ0n) is 13.5. The lowest BCUT2D eigenvalue weighted by molar-refractivity contribution is -0.143. The Bertz CT molecular complexity index is 243. The van der Waals surface area contributed by atoms with Crippen LogP contribution in [-0.2, 0) is 19.1 Å². The number of carbonyl (C=O) groups excluding carboxylic acids is 2. The molecule has 5 heteroatoms. The van der Waals surface area contributed by atoms with Crippen LogP contribution in [0.4, 0.5) is 0 Å². The molecule has 0 unspecified atom stereocenters. The van der Waals surface area contributed by atoms with Crippen LogP contribution in [0, 0.1) is 0 Å². The maximum Gasteiger partial charge on any atom is 0.305 e. The number of rotatable bonds is 14. The summed E-state index contributed by atoms with van der Waals surface area (Å²) in [5, 5.41) is 0. The van der Waals surface area contributed by atoms with E-state index in [2.05, 4.69) is 13.8 Å². The van der Waals surface area contributed by atoms with E-state index in [0.29, 0.717) is 26.1 Å². The van der Waals surface area contributed by atoms with Crippen LogP contribution in [0.5, 0.6) is 0 Å². The van der Waals surface area contributed by atoms with E-state index in [1.165, 1.54) is 0 Å². The van der Waals surface area contributed by atoms with Gasteiger partial charge < -0.3 is 9.47 Å². The van der Waals surface area contributed by atoms with Gasteiger partial charge in [0.2, 0.25) is 0 Å². The molecule has 4 nitrogen and oxygen atoms in total. The van der Waals surface area contributed by atoms with Gasteiger partial charge in [-0.1, -0.05) is 39.5 Å². The van der Waals surface area contributed by atoms with Crippen LogP contribution in [-0.4, -0.2) is 36.7 Å². The molecule has 124 valence electrons. The van der Waals surface area contributed by atoms with E-state index in [-0.39, 0.29) is 11.9 Å². The Kier molecular flexibility index (Phi) is 15.1. The SMILES string of the molecule is CCCCCC(=O)OCCSCCOC(=O)CCCCC. The third-order valence-corrected chi connectivity index (χ3v) is 3.86. The van der Waals surface area contributed by atoms with Gasteiger partial charge in [0, 0.05) is 24.3 Å². The Morgan fingerprint density at radius 2 is 1.19 bits per heavy atom. The largest absolute Gasteiger partial charge is 0.465 e. The van der Waals surface area contributed by atoms with Crippen molar-refractivity contribution in [2.45, 2.75) is 65.2 Å². The van der Waals surface area contributed by atoms with Crippen LogP contribution in [0.2, 0.25) is 0 Å². The average molecular weight is 318 g/mol. The van der Waals surface area contributed by atoms with Gasteiger partial charge in [-0.25, -0.2) is 0 Å². The number of thioether (sulfide) groups is 1. The van der Waals surface area contributed by atoms with Crippen LogP contribution < -0.4 is 0 Å². The predicted molar refractivity (Wildman–Crippen MR) is 87.5 cm³/mol. The molecule has 0 aromatic heterocycles. The molecule has 0 spiro atoms. The molecule has 21 heavy (non-hydrogen) atoms. The lowest BCUT2D eigenvalue weighted by Gasteiger charge is -2.06. The first-order chi connectivity index (χ1) is 10.2. The minimum absolute atomic E-state index is 0.105. The molecule has 0 bridgehead atoms. The Morgan fingerprint density at radius 3 is 1.57 bits per heavy atom. The van der Waals surface area contributed by atoms with Gasteiger partial charge in [-0.3, -0.25) is 9.59 Å². The first-order valence-corrected chi connectivity index (χ1v) is 9.25. The van der Waals surface area contributed by atoms with Gasteiger partial charge in [-0.05, 0) is 12.8 Å².